The van der Waals surface area contributed by atoms with Gasteiger partial charge in [0.15, 0.2) is 4.77 Å². The van der Waals surface area contributed by atoms with Gasteiger partial charge in [-0.1, -0.05) is 52.9 Å². The lowest BCUT2D eigenvalue weighted by Crippen LogP contribution is -2.21. The van der Waals surface area contributed by atoms with Gasteiger partial charge in [-0.2, -0.15) is 0 Å². The fourth-order valence-electron chi connectivity index (χ4n) is 3.01. The number of H-pyrrole nitrogens is 1. The predicted octanol–water partition coefficient (Wildman–Crippen LogP) is 5.13. The zero-order valence-electron chi connectivity index (χ0n) is 12.0. The van der Waals surface area contributed by atoms with Crippen LogP contribution in [0.3, 0.4) is 0 Å². The van der Waals surface area contributed by atoms with E-state index in [4.69, 9.17) is 12.2 Å². The molecule has 1 fully saturated rings. The van der Waals surface area contributed by atoms with E-state index in [1.165, 1.54) is 50.6 Å². The monoisotopic (exact) mass is 266 g/mol. The highest BCUT2D eigenvalue weighted by Gasteiger charge is 2.24. The summed E-state index contributed by atoms with van der Waals surface area (Å²) in [6.45, 7) is 6.80. The third-order valence-corrected chi connectivity index (χ3v) is 4.33. The maximum atomic E-state index is 5.51. The number of rotatable bonds is 1. The van der Waals surface area contributed by atoms with Crippen LogP contribution < -0.4 is 0 Å². The molecular formula is C15H26N2S. The Kier molecular flexibility index (Phi) is 4.31. The zero-order chi connectivity index (χ0) is 13.2. The molecule has 1 saturated carbocycles. The fourth-order valence-corrected chi connectivity index (χ4v) is 3.32. The fraction of sp³-hybridized carbons (Fsp3) is 0.800. The molecule has 0 saturated heterocycles. The van der Waals surface area contributed by atoms with E-state index in [0.29, 0.717) is 6.04 Å². The number of imidazole rings is 1. The second-order valence-corrected chi connectivity index (χ2v) is 6.98. The van der Waals surface area contributed by atoms with Crippen molar-refractivity contribution in [1.82, 2.24) is 9.55 Å². The van der Waals surface area contributed by atoms with E-state index in [2.05, 4.69) is 36.5 Å². The SMILES string of the molecule is CC(C)(C)c1c[nH]c(=S)n1C1CCCCCCC1. The normalized spacial score (nSPS) is 19.5. The van der Waals surface area contributed by atoms with Crippen molar-refractivity contribution in [3.8, 4) is 0 Å². The first kappa shape index (κ1) is 13.9. The zero-order valence-corrected chi connectivity index (χ0v) is 12.8. The van der Waals surface area contributed by atoms with Gasteiger partial charge in [-0.25, -0.2) is 0 Å². The Bertz CT molecular complexity index is 428. The van der Waals surface area contributed by atoms with Crippen molar-refractivity contribution in [3.05, 3.63) is 16.7 Å². The van der Waals surface area contributed by atoms with Gasteiger partial charge in [-0.05, 0) is 25.1 Å². The molecule has 1 N–H and O–H groups in total. The Morgan fingerprint density at radius 2 is 1.67 bits per heavy atom. The molecule has 0 amide bonds. The van der Waals surface area contributed by atoms with Gasteiger partial charge >= 0.3 is 0 Å². The molecule has 2 rings (SSSR count). The maximum absolute atomic E-state index is 5.51. The lowest BCUT2D eigenvalue weighted by atomic mass is 9.90. The standard InChI is InChI=1S/C15H26N2S/c1-15(2,3)13-11-16-14(18)17(13)12-9-7-5-4-6-8-10-12/h11-12H,4-10H2,1-3H3,(H,16,18). The van der Waals surface area contributed by atoms with E-state index in [-0.39, 0.29) is 5.41 Å². The van der Waals surface area contributed by atoms with E-state index in [1.54, 1.807) is 0 Å². The summed E-state index contributed by atoms with van der Waals surface area (Å²) in [6, 6.07) is 0.610. The first-order valence-electron chi connectivity index (χ1n) is 7.30. The Hall–Kier alpha value is -0.570. The summed E-state index contributed by atoms with van der Waals surface area (Å²) in [6.07, 6.45) is 11.6. The molecule has 1 aromatic heterocycles. The lowest BCUT2D eigenvalue weighted by Gasteiger charge is -2.28. The molecule has 3 heteroatoms. The van der Waals surface area contributed by atoms with E-state index in [0.717, 1.165) is 4.77 Å². The molecular weight excluding hydrogens is 240 g/mol. The van der Waals surface area contributed by atoms with Gasteiger partial charge in [-0.3, -0.25) is 0 Å². The molecule has 0 atom stereocenters. The van der Waals surface area contributed by atoms with Crippen molar-refractivity contribution < 1.29 is 0 Å². The molecule has 0 unspecified atom stereocenters. The molecule has 1 aliphatic rings. The summed E-state index contributed by atoms with van der Waals surface area (Å²) in [7, 11) is 0. The molecule has 18 heavy (non-hydrogen) atoms. The third kappa shape index (κ3) is 3.05. The smallest absolute Gasteiger partial charge is 0.177 e. The number of hydrogen-bond donors (Lipinski definition) is 1. The summed E-state index contributed by atoms with van der Waals surface area (Å²) in [5, 5.41) is 0. The predicted molar refractivity (Wildman–Crippen MR) is 79.7 cm³/mol. The van der Waals surface area contributed by atoms with E-state index < -0.39 is 0 Å². The van der Waals surface area contributed by atoms with Gasteiger partial charge in [0, 0.05) is 23.3 Å². The van der Waals surface area contributed by atoms with Crippen LogP contribution in [0.5, 0.6) is 0 Å². The molecule has 0 spiro atoms. The molecule has 1 heterocycles. The average Bonchev–Trinajstić information content (AvgIpc) is 2.59. The Balaban J connectivity index is 2.30. The van der Waals surface area contributed by atoms with E-state index in [1.807, 2.05) is 0 Å². The van der Waals surface area contributed by atoms with Crippen molar-refractivity contribution in [2.24, 2.45) is 0 Å². The maximum Gasteiger partial charge on any atom is 0.177 e. The minimum Gasteiger partial charge on any atom is -0.337 e. The topological polar surface area (TPSA) is 20.7 Å². The molecule has 1 aliphatic carbocycles. The number of hydrogen-bond acceptors (Lipinski definition) is 1. The van der Waals surface area contributed by atoms with Crippen LogP contribution in [-0.2, 0) is 5.41 Å². The third-order valence-electron chi connectivity index (χ3n) is 4.02. The van der Waals surface area contributed by atoms with E-state index >= 15 is 0 Å². The van der Waals surface area contributed by atoms with Crippen molar-refractivity contribution in [2.75, 3.05) is 0 Å². The summed E-state index contributed by atoms with van der Waals surface area (Å²) in [5.74, 6) is 0. The van der Waals surface area contributed by atoms with Gasteiger partial charge in [-0.15, -0.1) is 0 Å². The highest BCUT2D eigenvalue weighted by molar-refractivity contribution is 7.71. The molecule has 0 aromatic carbocycles. The van der Waals surface area contributed by atoms with Gasteiger partial charge in [0.1, 0.15) is 0 Å². The van der Waals surface area contributed by atoms with Gasteiger partial charge in [0.05, 0.1) is 0 Å². The minimum atomic E-state index is 0.163. The number of nitrogens with one attached hydrogen (secondary N) is 1. The lowest BCUT2D eigenvalue weighted by molar-refractivity contribution is 0.348. The number of nitrogens with zero attached hydrogens (tertiary/aromatic N) is 1. The van der Waals surface area contributed by atoms with Crippen LogP contribution in [0.2, 0.25) is 0 Å². The molecule has 1 aromatic rings. The van der Waals surface area contributed by atoms with Crippen LogP contribution in [0.1, 0.15) is 77.5 Å². The van der Waals surface area contributed by atoms with Crippen LogP contribution in [0.4, 0.5) is 0 Å². The Morgan fingerprint density at radius 1 is 1.11 bits per heavy atom. The van der Waals surface area contributed by atoms with Crippen LogP contribution in [0, 0.1) is 4.77 Å². The van der Waals surface area contributed by atoms with Crippen LogP contribution >= 0.6 is 12.2 Å². The highest BCUT2D eigenvalue weighted by Crippen LogP contribution is 2.32. The summed E-state index contributed by atoms with van der Waals surface area (Å²) in [5.41, 5.74) is 1.52. The summed E-state index contributed by atoms with van der Waals surface area (Å²) in [4.78, 5) is 3.25. The van der Waals surface area contributed by atoms with Crippen LogP contribution in [-0.4, -0.2) is 9.55 Å². The van der Waals surface area contributed by atoms with Crippen molar-refractivity contribution in [1.29, 1.82) is 0 Å². The van der Waals surface area contributed by atoms with Crippen molar-refractivity contribution in [3.63, 3.8) is 0 Å². The average molecular weight is 266 g/mol. The summed E-state index contributed by atoms with van der Waals surface area (Å²) >= 11 is 5.51. The Morgan fingerprint density at radius 3 is 2.22 bits per heavy atom. The van der Waals surface area contributed by atoms with Gasteiger partial charge in [0.25, 0.3) is 0 Å². The number of aromatic amines is 1. The second-order valence-electron chi connectivity index (χ2n) is 6.60. The van der Waals surface area contributed by atoms with Gasteiger partial charge in [0.2, 0.25) is 0 Å². The quantitative estimate of drug-likeness (QED) is 0.699. The van der Waals surface area contributed by atoms with E-state index in [9.17, 15) is 0 Å². The second kappa shape index (κ2) is 5.60. The largest absolute Gasteiger partial charge is 0.337 e. The molecule has 2 nitrogen and oxygen atoms in total. The first-order chi connectivity index (χ1) is 8.50. The summed E-state index contributed by atoms with van der Waals surface area (Å²) < 4.78 is 3.31. The molecule has 0 aliphatic heterocycles. The molecule has 102 valence electrons. The van der Waals surface area contributed by atoms with Crippen molar-refractivity contribution in [2.45, 2.75) is 77.2 Å². The minimum absolute atomic E-state index is 0.163. The molecule has 0 bridgehead atoms. The van der Waals surface area contributed by atoms with Crippen LogP contribution in [0.25, 0.3) is 0 Å². The Labute approximate surface area is 116 Å². The van der Waals surface area contributed by atoms with Gasteiger partial charge < -0.3 is 9.55 Å². The van der Waals surface area contributed by atoms with Crippen LogP contribution in [0.15, 0.2) is 6.20 Å². The van der Waals surface area contributed by atoms with Crippen molar-refractivity contribution >= 4 is 12.2 Å². The molecule has 0 radical (unpaired) electrons. The number of aromatic nitrogens is 2. The first-order valence-corrected chi connectivity index (χ1v) is 7.71. The highest BCUT2D eigenvalue weighted by atomic mass is 32.1.